The Kier molecular flexibility index (Phi) is 7.43. The number of carbonyl (C=O) groups excluding carboxylic acids is 3. The number of hydrogen-bond donors (Lipinski definition) is 0. The number of amides is 1. The summed E-state index contributed by atoms with van der Waals surface area (Å²) in [7, 11) is 1.28. The molecule has 26 heavy (non-hydrogen) atoms. The van der Waals surface area contributed by atoms with Gasteiger partial charge in [0.2, 0.25) is 11.0 Å². The number of nitrogens with zero attached hydrogens (tertiary/aromatic N) is 1. The molecule has 0 saturated carbocycles. The summed E-state index contributed by atoms with van der Waals surface area (Å²) in [6, 6.07) is 7.27. The van der Waals surface area contributed by atoms with Crippen LogP contribution in [0.5, 0.6) is 0 Å². The maximum absolute atomic E-state index is 12.8. The van der Waals surface area contributed by atoms with E-state index in [0.29, 0.717) is 10.6 Å². The molecular weight excluding hydrogens is 438 g/mol. The minimum Gasteiger partial charge on any atom is -0.468 e. The summed E-state index contributed by atoms with van der Waals surface area (Å²) in [5, 5.41) is 1.65. The summed E-state index contributed by atoms with van der Waals surface area (Å²) < 4.78 is 5.57. The van der Waals surface area contributed by atoms with Gasteiger partial charge in [0.25, 0.3) is 0 Å². The predicted octanol–water partition coefficient (Wildman–Crippen LogP) is 4.21. The maximum Gasteiger partial charge on any atom is 0.325 e. The quantitative estimate of drug-likeness (QED) is 0.610. The van der Waals surface area contributed by atoms with Crippen LogP contribution in [0.3, 0.4) is 0 Å². The Morgan fingerprint density at radius 1 is 1.23 bits per heavy atom. The second-order valence-electron chi connectivity index (χ2n) is 5.45. The average Bonchev–Trinajstić information content (AvgIpc) is 3.16. The lowest BCUT2D eigenvalue weighted by atomic mass is 10.1. The summed E-state index contributed by atoms with van der Waals surface area (Å²) in [6.45, 7) is 3.53. The third-order valence-electron chi connectivity index (χ3n) is 3.70. The van der Waals surface area contributed by atoms with Gasteiger partial charge in [0, 0.05) is 4.47 Å². The number of esters is 1. The first-order valence-electron chi connectivity index (χ1n) is 7.68. The highest BCUT2D eigenvalue weighted by molar-refractivity contribution is 9.10. The van der Waals surface area contributed by atoms with Gasteiger partial charge >= 0.3 is 5.97 Å². The Morgan fingerprint density at radius 3 is 2.58 bits per heavy atom. The van der Waals surface area contributed by atoms with E-state index in [0.717, 1.165) is 27.4 Å². The van der Waals surface area contributed by atoms with Gasteiger partial charge in [-0.2, -0.15) is 0 Å². The van der Waals surface area contributed by atoms with Gasteiger partial charge in [-0.1, -0.05) is 39.8 Å². The maximum atomic E-state index is 12.8. The van der Waals surface area contributed by atoms with Gasteiger partial charge in [0.05, 0.1) is 23.4 Å². The number of benzene rings is 1. The van der Waals surface area contributed by atoms with Crippen LogP contribution in [0, 0.1) is 13.8 Å². The van der Waals surface area contributed by atoms with Crippen LogP contribution in [-0.4, -0.2) is 36.4 Å². The molecule has 0 N–H and O–H groups in total. The number of halogens is 1. The first kappa shape index (κ1) is 20.7. The Bertz CT molecular complexity index is 821. The molecule has 0 aliphatic rings. The molecule has 1 aromatic heterocycles. The van der Waals surface area contributed by atoms with Crippen molar-refractivity contribution in [3.8, 4) is 0 Å². The van der Waals surface area contributed by atoms with E-state index in [4.69, 9.17) is 4.74 Å². The van der Waals surface area contributed by atoms with Crippen LogP contribution in [0.4, 0.5) is 5.69 Å². The Balaban J connectivity index is 2.24. The molecule has 1 heterocycles. The van der Waals surface area contributed by atoms with E-state index < -0.39 is 5.97 Å². The predicted molar refractivity (Wildman–Crippen MR) is 109 cm³/mol. The smallest absolute Gasteiger partial charge is 0.325 e. The molecule has 138 valence electrons. The lowest BCUT2D eigenvalue weighted by Gasteiger charge is -2.25. The first-order valence-corrected chi connectivity index (χ1v) is 10.3. The summed E-state index contributed by atoms with van der Waals surface area (Å²) in [5.41, 5.74) is 2.35. The molecule has 0 atom stereocenters. The van der Waals surface area contributed by atoms with Crippen molar-refractivity contribution in [1.82, 2.24) is 0 Å². The average molecular weight is 456 g/mol. The van der Waals surface area contributed by atoms with Crippen molar-refractivity contribution in [2.45, 2.75) is 13.8 Å². The largest absolute Gasteiger partial charge is 0.468 e. The monoisotopic (exact) mass is 455 g/mol. The zero-order chi connectivity index (χ0) is 19.3. The number of aryl methyl sites for hydroxylation is 1. The third-order valence-corrected chi connectivity index (χ3v) is 6.43. The van der Waals surface area contributed by atoms with Crippen LogP contribution in [-0.2, 0) is 14.3 Å². The van der Waals surface area contributed by atoms with Gasteiger partial charge in [0.15, 0.2) is 0 Å². The van der Waals surface area contributed by atoms with Gasteiger partial charge in [-0.05, 0) is 42.5 Å². The third kappa shape index (κ3) is 4.96. The zero-order valence-electron chi connectivity index (χ0n) is 14.6. The lowest BCUT2D eigenvalue weighted by Crippen LogP contribution is -2.38. The van der Waals surface area contributed by atoms with Gasteiger partial charge in [-0.15, -0.1) is 11.3 Å². The molecule has 0 saturated heterocycles. The topological polar surface area (TPSA) is 63.7 Å². The first-order chi connectivity index (χ1) is 12.3. The summed E-state index contributed by atoms with van der Waals surface area (Å²) in [4.78, 5) is 38.8. The minimum absolute atomic E-state index is 0.0564. The van der Waals surface area contributed by atoms with Crippen LogP contribution >= 0.6 is 39.0 Å². The van der Waals surface area contributed by atoms with Gasteiger partial charge < -0.3 is 4.74 Å². The zero-order valence-corrected chi connectivity index (χ0v) is 17.8. The van der Waals surface area contributed by atoms with E-state index in [1.807, 2.05) is 31.4 Å². The number of thiophene rings is 1. The van der Waals surface area contributed by atoms with Crippen molar-refractivity contribution >= 4 is 61.7 Å². The molecule has 0 radical (unpaired) electrons. The van der Waals surface area contributed by atoms with E-state index in [9.17, 15) is 14.4 Å². The van der Waals surface area contributed by atoms with Crippen molar-refractivity contribution in [2.75, 3.05) is 24.3 Å². The molecule has 8 heteroatoms. The van der Waals surface area contributed by atoms with Crippen molar-refractivity contribution < 1.29 is 19.1 Å². The number of ether oxygens (including phenoxy) is 1. The SMILES string of the molecule is COC(=O)CN(C(=O)CSC(=O)c1cccs1)c1c(C)ccc(Br)c1C. The van der Waals surface area contributed by atoms with Gasteiger partial charge in [0.1, 0.15) is 6.54 Å². The number of thioether (sulfide) groups is 1. The Morgan fingerprint density at radius 2 is 1.96 bits per heavy atom. The molecule has 2 aromatic rings. The highest BCUT2D eigenvalue weighted by atomic mass is 79.9. The molecule has 1 amide bonds. The normalized spacial score (nSPS) is 10.5. The Hall–Kier alpha value is -1.64. The van der Waals surface area contributed by atoms with Crippen molar-refractivity contribution in [1.29, 1.82) is 0 Å². The molecule has 5 nitrogen and oxygen atoms in total. The van der Waals surface area contributed by atoms with Gasteiger partial charge in [-0.3, -0.25) is 19.3 Å². The molecule has 0 unspecified atom stereocenters. The number of methoxy groups -OCH3 is 1. The fourth-order valence-corrected chi connectivity index (χ4v) is 4.20. The summed E-state index contributed by atoms with van der Waals surface area (Å²) in [5.74, 6) is -0.902. The molecule has 1 aromatic carbocycles. The summed E-state index contributed by atoms with van der Waals surface area (Å²) >= 11 is 5.72. The van der Waals surface area contributed by atoms with Crippen LogP contribution in [0.25, 0.3) is 0 Å². The molecule has 0 spiro atoms. The number of rotatable bonds is 6. The molecule has 0 fully saturated rings. The van der Waals surface area contributed by atoms with Crippen LogP contribution in [0.1, 0.15) is 20.8 Å². The van der Waals surface area contributed by atoms with Gasteiger partial charge in [-0.25, -0.2) is 0 Å². The number of carbonyl (C=O) groups is 3. The van der Waals surface area contributed by atoms with E-state index in [1.54, 1.807) is 12.1 Å². The number of anilines is 1. The second kappa shape index (κ2) is 9.34. The van der Waals surface area contributed by atoms with Crippen molar-refractivity contribution in [3.05, 3.63) is 50.1 Å². The van der Waals surface area contributed by atoms with Crippen LogP contribution < -0.4 is 4.90 Å². The summed E-state index contributed by atoms with van der Waals surface area (Å²) in [6.07, 6.45) is 0. The molecular formula is C18H18BrNO4S2. The minimum atomic E-state index is -0.522. The van der Waals surface area contributed by atoms with E-state index >= 15 is 0 Å². The number of hydrogen-bond acceptors (Lipinski definition) is 6. The molecule has 0 aliphatic carbocycles. The van der Waals surface area contributed by atoms with Crippen molar-refractivity contribution in [2.24, 2.45) is 0 Å². The highest BCUT2D eigenvalue weighted by Gasteiger charge is 2.24. The van der Waals surface area contributed by atoms with E-state index in [-0.39, 0.29) is 23.3 Å². The lowest BCUT2D eigenvalue weighted by molar-refractivity contribution is -0.139. The fourth-order valence-electron chi connectivity index (χ4n) is 2.38. The van der Waals surface area contributed by atoms with Crippen LogP contribution in [0.15, 0.2) is 34.1 Å². The van der Waals surface area contributed by atoms with E-state index in [2.05, 4.69) is 15.9 Å². The van der Waals surface area contributed by atoms with Crippen LogP contribution in [0.2, 0.25) is 0 Å². The van der Waals surface area contributed by atoms with E-state index in [1.165, 1.54) is 23.3 Å². The van der Waals surface area contributed by atoms with Crippen molar-refractivity contribution in [3.63, 3.8) is 0 Å². The molecule has 2 rings (SSSR count). The molecule has 0 aliphatic heterocycles. The molecule has 0 bridgehead atoms. The standard InChI is InChI=1S/C18H18BrNO4S2/c1-11-6-7-13(19)12(2)17(11)20(9-16(22)24-3)15(21)10-26-18(23)14-5-4-8-25-14/h4-8H,9-10H2,1-3H3. The Labute approximate surface area is 168 Å². The second-order valence-corrected chi connectivity index (χ2v) is 8.20. The highest BCUT2D eigenvalue weighted by Crippen LogP contribution is 2.31. The fraction of sp³-hybridized carbons (Fsp3) is 0.278.